The second-order valence-electron chi connectivity index (χ2n) is 6.55. The molecule has 1 saturated heterocycles. The van der Waals surface area contributed by atoms with Crippen LogP contribution >= 0.6 is 32.1 Å². The molecule has 0 saturated carbocycles. The topological polar surface area (TPSA) is 261 Å². The number of halogens is 2. The monoisotopic (exact) mass is 685 g/mol. The third-order valence-electron chi connectivity index (χ3n) is 3.74. The molecule has 1 fully saturated rings. The molecule has 2 amide bonds. The van der Waals surface area contributed by atoms with Crippen molar-refractivity contribution in [1.29, 1.82) is 0 Å². The van der Waals surface area contributed by atoms with E-state index in [0.29, 0.717) is 17.3 Å². The van der Waals surface area contributed by atoms with Crippen molar-refractivity contribution in [1.82, 2.24) is 3.93 Å². The van der Waals surface area contributed by atoms with Gasteiger partial charge in [-0.05, 0) is 36.4 Å². The van der Waals surface area contributed by atoms with E-state index >= 15 is 0 Å². The maximum Gasteiger partial charge on any atom is 0.394 e. The lowest BCUT2D eigenvalue weighted by Gasteiger charge is -1.98. The van der Waals surface area contributed by atoms with Crippen molar-refractivity contribution in [3.63, 3.8) is 0 Å². The summed E-state index contributed by atoms with van der Waals surface area (Å²) < 4.78 is 33.0. The summed E-state index contributed by atoms with van der Waals surface area (Å²) in [5, 5.41) is 34.2. The minimum absolute atomic E-state index is 0.0186. The summed E-state index contributed by atoms with van der Waals surface area (Å²) in [5.41, 5.74) is -0.136. The number of amides is 2. The average molecular weight is 687 g/mol. The summed E-state index contributed by atoms with van der Waals surface area (Å²) in [6.07, 6.45) is 0.703. The number of carboxylic acids is 4. The molecule has 1 heterocycles. The number of carbonyl (C=O) groups is 6. The van der Waals surface area contributed by atoms with Crippen LogP contribution in [0.1, 0.15) is 54.3 Å². The van der Waals surface area contributed by atoms with E-state index in [-0.39, 0.29) is 34.1 Å². The van der Waals surface area contributed by atoms with E-state index < -0.39 is 34.3 Å². The summed E-state index contributed by atoms with van der Waals surface area (Å²) in [5.74, 6) is -4.84. The standard InChI is InChI=1S/C8H5BrO4.C8H6O4.C4H4BrNO2.H2O4S/c9-6-2-4(7(10)11)1-5(3-6)8(12)13;9-7(10)5-2-1-3-6(4-5)8(11)12;5-6-3(7)1-2-4(6)8;1-5(2,3)4/h1-3H,(H,10,11)(H,12,13);1-4H,(H,9,10)(H,11,12);1-2H2;(H2,1,2,3,4). The van der Waals surface area contributed by atoms with Gasteiger partial charge in [-0.3, -0.25) is 18.7 Å². The number of nitrogens with zero attached hydrogens (tertiary/aromatic N) is 1. The summed E-state index contributed by atoms with van der Waals surface area (Å²) in [6.45, 7) is 0. The first-order chi connectivity index (χ1) is 17.3. The molecule has 2 aromatic carbocycles. The van der Waals surface area contributed by atoms with Gasteiger partial charge in [0, 0.05) is 17.3 Å². The van der Waals surface area contributed by atoms with Gasteiger partial charge in [-0.1, -0.05) is 22.0 Å². The molecule has 3 rings (SSSR count). The third kappa shape index (κ3) is 14.1. The minimum atomic E-state index is -4.67. The molecule has 2 aromatic rings. The molecule has 0 unspecified atom stereocenters. The van der Waals surface area contributed by atoms with Crippen molar-refractivity contribution >= 4 is 78.2 Å². The van der Waals surface area contributed by atoms with Crippen LogP contribution in [0.3, 0.4) is 0 Å². The zero-order valence-corrected chi connectivity index (χ0v) is 22.5. The summed E-state index contributed by atoms with van der Waals surface area (Å²) in [6, 6.07) is 8.99. The lowest BCUT2D eigenvalue weighted by atomic mass is 10.1. The quantitative estimate of drug-likeness (QED) is 0.153. The van der Waals surface area contributed by atoms with Gasteiger partial charge in [0.25, 0.3) is 0 Å². The molecular formula is C20H17Br2NO14S. The second-order valence-corrected chi connectivity index (χ2v) is 9.07. The molecular weight excluding hydrogens is 670 g/mol. The van der Waals surface area contributed by atoms with E-state index in [1.807, 2.05) is 0 Å². The van der Waals surface area contributed by atoms with Crippen molar-refractivity contribution < 1.29 is 66.7 Å². The Morgan fingerprint density at radius 3 is 1.21 bits per heavy atom. The van der Waals surface area contributed by atoms with Crippen LogP contribution in [-0.2, 0) is 20.0 Å². The number of rotatable bonds is 4. The van der Waals surface area contributed by atoms with Crippen LogP contribution in [0.25, 0.3) is 0 Å². The lowest BCUT2D eigenvalue weighted by Crippen LogP contribution is -2.16. The highest BCUT2D eigenvalue weighted by atomic mass is 79.9. The first-order valence-corrected chi connectivity index (χ1v) is 12.3. The molecule has 38 heavy (non-hydrogen) atoms. The minimum Gasteiger partial charge on any atom is -0.478 e. The number of hydrogen-bond donors (Lipinski definition) is 6. The molecule has 6 N–H and O–H groups in total. The number of imide groups is 1. The van der Waals surface area contributed by atoms with Gasteiger partial charge >= 0.3 is 34.3 Å². The van der Waals surface area contributed by atoms with Gasteiger partial charge in [0.05, 0.1) is 38.4 Å². The fourth-order valence-electron chi connectivity index (χ4n) is 2.17. The predicted molar refractivity (Wildman–Crippen MR) is 133 cm³/mol. The first kappa shape index (κ1) is 34.3. The Balaban J connectivity index is 0.000000507. The molecule has 1 aliphatic rings. The van der Waals surface area contributed by atoms with Gasteiger partial charge in [0.15, 0.2) is 0 Å². The van der Waals surface area contributed by atoms with Gasteiger partial charge in [-0.15, -0.1) is 0 Å². The molecule has 18 heteroatoms. The largest absolute Gasteiger partial charge is 0.478 e. The number of carboxylic acid groups (broad SMARTS) is 4. The van der Waals surface area contributed by atoms with Crippen LogP contribution in [0.4, 0.5) is 0 Å². The van der Waals surface area contributed by atoms with Gasteiger partial charge in [0.1, 0.15) is 0 Å². The van der Waals surface area contributed by atoms with Crippen LogP contribution in [0.5, 0.6) is 0 Å². The number of aromatic carboxylic acids is 4. The Kier molecular flexibility index (Phi) is 14.0. The highest BCUT2D eigenvalue weighted by molar-refractivity contribution is 9.10. The number of hydrogen-bond acceptors (Lipinski definition) is 8. The van der Waals surface area contributed by atoms with Crippen molar-refractivity contribution in [3.8, 4) is 0 Å². The molecule has 0 atom stereocenters. The van der Waals surface area contributed by atoms with E-state index in [9.17, 15) is 28.8 Å². The smallest absolute Gasteiger partial charge is 0.394 e. The maximum absolute atomic E-state index is 10.5. The predicted octanol–water partition coefficient (Wildman–Crippen LogP) is 2.72. The van der Waals surface area contributed by atoms with E-state index in [1.165, 1.54) is 30.3 Å². The second kappa shape index (κ2) is 15.5. The molecule has 15 nitrogen and oxygen atoms in total. The molecule has 0 spiro atoms. The third-order valence-corrected chi connectivity index (χ3v) is 4.99. The Labute approximate surface area is 230 Å². The van der Waals surface area contributed by atoms with Crippen LogP contribution in [0, 0.1) is 0 Å². The molecule has 0 aliphatic carbocycles. The Bertz CT molecular complexity index is 1260. The van der Waals surface area contributed by atoms with Crippen molar-refractivity contribution in [2.24, 2.45) is 0 Å². The lowest BCUT2D eigenvalue weighted by molar-refractivity contribution is -0.131. The fourth-order valence-corrected chi connectivity index (χ4v) is 3.02. The van der Waals surface area contributed by atoms with E-state index in [1.54, 1.807) is 0 Å². The van der Waals surface area contributed by atoms with Crippen molar-refractivity contribution in [2.45, 2.75) is 12.8 Å². The molecule has 0 radical (unpaired) electrons. The Hall–Kier alpha value is -3.71. The van der Waals surface area contributed by atoms with Crippen molar-refractivity contribution in [3.05, 3.63) is 69.2 Å². The van der Waals surface area contributed by atoms with Crippen LogP contribution in [-0.4, -0.2) is 77.6 Å². The Morgan fingerprint density at radius 2 is 0.974 bits per heavy atom. The van der Waals surface area contributed by atoms with Crippen LogP contribution in [0.2, 0.25) is 0 Å². The fraction of sp³-hybridized carbons (Fsp3) is 0.100. The van der Waals surface area contributed by atoms with Crippen LogP contribution in [0.15, 0.2) is 46.9 Å². The molecule has 206 valence electrons. The zero-order chi connectivity index (χ0) is 29.8. The summed E-state index contributed by atoms with van der Waals surface area (Å²) in [4.78, 5) is 62.7. The molecule has 1 aliphatic heterocycles. The van der Waals surface area contributed by atoms with Gasteiger partial charge in [-0.2, -0.15) is 8.42 Å². The van der Waals surface area contributed by atoms with E-state index in [0.717, 1.165) is 16.1 Å². The van der Waals surface area contributed by atoms with Gasteiger partial charge < -0.3 is 20.4 Å². The molecule has 0 aromatic heterocycles. The average Bonchev–Trinajstić information content (AvgIpc) is 3.09. The number of benzene rings is 2. The van der Waals surface area contributed by atoms with Crippen LogP contribution < -0.4 is 0 Å². The van der Waals surface area contributed by atoms with Gasteiger partial charge in [0.2, 0.25) is 11.8 Å². The first-order valence-electron chi connectivity index (χ1n) is 9.38. The number of carbonyl (C=O) groups excluding carboxylic acids is 2. The van der Waals surface area contributed by atoms with Gasteiger partial charge in [-0.25, -0.2) is 23.1 Å². The normalized spacial score (nSPS) is 12.1. The maximum atomic E-state index is 10.5. The van der Waals surface area contributed by atoms with Crippen molar-refractivity contribution in [2.75, 3.05) is 0 Å². The zero-order valence-electron chi connectivity index (χ0n) is 18.5. The van der Waals surface area contributed by atoms with E-state index in [4.69, 9.17) is 37.9 Å². The summed E-state index contributed by atoms with van der Waals surface area (Å²) >= 11 is 5.83. The summed E-state index contributed by atoms with van der Waals surface area (Å²) in [7, 11) is -4.67. The van der Waals surface area contributed by atoms with E-state index in [2.05, 4.69) is 32.1 Å². The Morgan fingerprint density at radius 1 is 0.684 bits per heavy atom. The highest BCUT2D eigenvalue weighted by Crippen LogP contribution is 2.16. The molecule has 0 bridgehead atoms. The SMILES string of the molecule is O=C(O)c1cc(Br)cc(C(=O)O)c1.O=C(O)c1cccc(C(=O)O)c1.O=C1CCC(=O)N1Br.O=S(=O)(O)O. The highest BCUT2D eigenvalue weighted by Gasteiger charge is 2.26.